The number of halogens is 1. The summed E-state index contributed by atoms with van der Waals surface area (Å²) in [5.41, 5.74) is -2.11. The fraction of sp³-hybridized carbons (Fsp3) is 0.841. The molecule has 4 aliphatic heterocycles. The highest BCUT2D eigenvalue weighted by Crippen LogP contribution is 2.88. The number of hydrogen-bond acceptors (Lipinski definition) is 9. The molecule has 8 rings (SSSR count). The SMILES string of the molecule is C=C[C@@H]1C[C@]1(NC(=O)[C@@H]1C[C@@]2(CN1C(=O)[C@@H](NC(=O)[C@@H](NC(=O)[C@@H]1CCCN1CCF)C1CCCCC1)C1CCOCC1)C(C)(C)C21CCC1)C(=O)NS(=O)(=O)N1CCCC1. The summed E-state index contributed by atoms with van der Waals surface area (Å²) in [6.45, 7) is 10.3. The van der Waals surface area contributed by atoms with E-state index in [0.29, 0.717) is 77.9 Å². The van der Waals surface area contributed by atoms with E-state index in [1.54, 1.807) is 11.0 Å². The minimum Gasteiger partial charge on any atom is -0.381 e. The number of alkyl halides is 1. The highest BCUT2D eigenvalue weighted by atomic mass is 32.2. The quantitative estimate of drug-likeness (QED) is 0.180. The molecule has 8 fully saturated rings. The van der Waals surface area contributed by atoms with E-state index in [0.717, 1.165) is 57.8 Å². The second kappa shape index (κ2) is 17.1. The monoisotopic (exact) mass is 873 g/mol. The van der Waals surface area contributed by atoms with Crippen molar-refractivity contribution in [3.63, 3.8) is 0 Å². The van der Waals surface area contributed by atoms with Gasteiger partial charge in [0, 0.05) is 50.7 Å². The molecule has 5 amide bonds. The van der Waals surface area contributed by atoms with E-state index in [-0.39, 0.29) is 52.9 Å². The Hall–Kier alpha value is -3.15. The van der Waals surface area contributed by atoms with Crippen molar-refractivity contribution in [1.29, 1.82) is 0 Å². The first-order chi connectivity index (χ1) is 29.1. The standard InChI is InChI=1S/C44H68FN7O8S/c1-4-31-26-44(31,40(57)49-61(58,59)51-21-8-9-22-51)48-37(54)33-27-43(41(2,3)42(43)17-11-18-42)28-52(33)39(56)35(30-15-24-60-25-16-30)47-38(55)34(29-12-6-5-7-13-29)46-36(53)32-14-10-20-50(32)23-19-45/h4,29-35H,1,5-28H2,2-3H3,(H,46,53)(H,47,55)(H,48,54)(H,49,57)/t31-,32+,33+,34+,35+,43-,44-/m1/s1. The fourth-order valence-electron chi connectivity index (χ4n) is 13.1. The molecule has 61 heavy (non-hydrogen) atoms. The van der Waals surface area contributed by atoms with Gasteiger partial charge in [-0.2, -0.15) is 12.7 Å². The van der Waals surface area contributed by atoms with Gasteiger partial charge in [0.25, 0.3) is 5.91 Å². The number of fused-ring (bicyclic) bond motifs is 1. The molecule has 17 heteroatoms. The highest BCUT2D eigenvalue weighted by molar-refractivity contribution is 7.87. The van der Waals surface area contributed by atoms with Gasteiger partial charge in [-0.1, -0.05) is 45.6 Å². The van der Waals surface area contributed by atoms with Gasteiger partial charge < -0.3 is 25.6 Å². The van der Waals surface area contributed by atoms with Crippen LogP contribution in [0, 0.1) is 34.0 Å². The van der Waals surface area contributed by atoms with E-state index in [1.807, 2.05) is 4.90 Å². The molecule has 4 heterocycles. The highest BCUT2D eigenvalue weighted by Gasteiger charge is 2.85. The lowest BCUT2D eigenvalue weighted by Crippen LogP contribution is -2.62. The van der Waals surface area contributed by atoms with E-state index >= 15 is 4.79 Å². The first-order valence-corrected chi connectivity index (χ1v) is 24.7. The summed E-state index contributed by atoms with van der Waals surface area (Å²) in [4.78, 5) is 76.3. The van der Waals surface area contributed by atoms with Crippen LogP contribution in [0.1, 0.15) is 117 Å². The maximum absolute atomic E-state index is 15.4. The molecule has 8 aliphatic rings. The zero-order valence-electron chi connectivity index (χ0n) is 36.2. The van der Waals surface area contributed by atoms with Gasteiger partial charge in [-0.25, -0.2) is 9.11 Å². The molecule has 0 aromatic rings. The summed E-state index contributed by atoms with van der Waals surface area (Å²) in [5.74, 6) is -3.39. The molecule has 0 radical (unpaired) electrons. The smallest absolute Gasteiger partial charge is 0.303 e. The maximum atomic E-state index is 15.4. The predicted octanol–water partition coefficient (Wildman–Crippen LogP) is 2.71. The Morgan fingerprint density at radius 3 is 2.10 bits per heavy atom. The van der Waals surface area contributed by atoms with Crippen molar-refractivity contribution in [2.24, 2.45) is 34.0 Å². The normalized spacial score (nSPS) is 33.4. The number of hydrogen-bond donors (Lipinski definition) is 4. The van der Waals surface area contributed by atoms with Gasteiger partial charge in [0.2, 0.25) is 23.6 Å². The average Bonchev–Trinajstić information content (AvgIpc) is 3.62. The summed E-state index contributed by atoms with van der Waals surface area (Å²) < 4.78 is 49.1. The molecule has 4 saturated heterocycles. The van der Waals surface area contributed by atoms with Crippen molar-refractivity contribution in [3.8, 4) is 0 Å². The molecule has 0 aromatic carbocycles. The molecule has 4 N–H and O–H groups in total. The Labute approximate surface area is 360 Å². The Morgan fingerprint density at radius 2 is 1.49 bits per heavy atom. The lowest BCUT2D eigenvalue weighted by Gasteiger charge is -2.37. The molecule has 4 saturated carbocycles. The third kappa shape index (κ3) is 7.72. The number of carbonyl (C=O) groups is 5. The van der Waals surface area contributed by atoms with Crippen LogP contribution in [0.15, 0.2) is 12.7 Å². The topological polar surface area (TPSA) is 187 Å². The fourth-order valence-corrected chi connectivity index (χ4v) is 14.4. The molecule has 2 spiro atoms. The van der Waals surface area contributed by atoms with Crippen molar-refractivity contribution in [1.82, 2.24) is 34.8 Å². The van der Waals surface area contributed by atoms with Crippen LogP contribution in [-0.2, 0) is 38.9 Å². The molecule has 0 bridgehead atoms. The van der Waals surface area contributed by atoms with Crippen LogP contribution in [-0.4, -0.2) is 134 Å². The zero-order chi connectivity index (χ0) is 43.4. The van der Waals surface area contributed by atoms with E-state index in [9.17, 15) is 32.0 Å². The van der Waals surface area contributed by atoms with Gasteiger partial charge in [0.15, 0.2) is 0 Å². The van der Waals surface area contributed by atoms with Crippen LogP contribution >= 0.6 is 0 Å². The van der Waals surface area contributed by atoms with Gasteiger partial charge in [0.1, 0.15) is 30.3 Å². The first-order valence-electron chi connectivity index (χ1n) is 23.2. The van der Waals surface area contributed by atoms with Gasteiger partial charge >= 0.3 is 10.2 Å². The van der Waals surface area contributed by atoms with Crippen LogP contribution in [0.25, 0.3) is 0 Å². The van der Waals surface area contributed by atoms with Crippen LogP contribution in [0.3, 0.4) is 0 Å². The Balaban J connectivity index is 1.07. The van der Waals surface area contributed by atoms with Crippen LogP contribution in [0.2, 0.25) is 0 Å². The Bertz CT molecular complexity index is 1840. The maximum Gasteiger partial charge on any atom is 0.303 e. The largest absolute Gasteiger partial charge is 0.381 e. The lowest BCUT2D eigenvalue weighted by molar-refractivity contribution is -0.145. The van der Waals surface area contributed by atoms with Crippen LogP contribution in [0.5, 0.6) is 0 Å². The second-order valence-corrected chi connectivity index (χ2v) is 21.8. The predicted molar refractivity (Wildman–Crippen MR) is 224 cm³/mol. The number of carbonyl (C=O) groups excluding carboxylic acids is 5. The van der Waals surface area contributed by atoms with Gasteiger partial charge in [-0.15, -0.1) is 6.58 Å². The van der Waals surface area contributed by atoms with Crippen molar-refractivity contribution in [2.75, 3.05) is 52.6 Å². The molecule has 4 aliphatic carbocycles. The van der Waals surface area contributed by atoms with E-state index in [1.165, 1.54) is 4.31 Å². The number of ether oxygens (including phenoxy) is 1. The zero-order valence-corrected chi connectivity index (χ0v) is 37.0. The van der Waals surface area contributed by atoms with Crippen molar-refractivity contribution < 1.29 is 41.5 Å². The number of rotatable bonds is 15. The molecule has 0 aromatic heterocycles. The minimum absolute atomic E-state index is 0.0419. The Morgan fingerprint density at radius 1 is 0.803 bits per heavy atom. The van der Waals surface area contributed by atoms with Crippen molar-refractivity contribution in [2.45, 2.75) is 146 Å². The van der Waals surface area contributed by atoms with Crippen LogP contribution < -0.4 is 20.7 Å². The number of likely N-dealkylation sites (tertiary alicyclic amines) is 2. The summed E-state index contributed by atoms with van der Waals surface area (Å²) in [7, 11) is -4.13. The third-order valence-electron chi connectivity index (χ3n) is 17.1. The van der Waals surface area contributed by atoms with Crippen molar-refractivity contribution >= 4 is 39.7 Å². The molecular weight excluding hydrogens is 806 g/mol. The Kier molecular flexibility index (Phi) is 12.5. The molecule has 7 atom stereocenters. The van der Waals surface area contributed by atoms with E-state index in [2.05, 4.69) is 41.1 Å². The summed E-state index contributed by atoms with van der Waals surface area (Å²) in [5, 5.41) is 9.21. The second-order valence-electron chi connectivity index (χ2n) is 20.1. The summed E-state index contributed by atoms with van der Waals surface area (Å²) in [6.07, 6.45) is 13.3. The molecular formula is C44H68FN7O8S. The van der Waals surface area contributed by atoms with E-state index < -0.39 is 70.2 Å². The van der Waals surface area contributed by atoms with Crippen molar-refractivity contribution in [3.05, 3.63) is 12.7 Å². The van der Waals surface area contributed by atoms with Crippen LogP contribution in [0.4, 0.5) is 4.39 Å². The number of nitrogens with zero attached hydrogens (tertiary/aromatic N) is 3. The summed E-state index contributed by atoms with van der Waals surface area (Å²) in [6, 6.07) is -3.40. The van der Waals surface area contributed by atoms with Gasteiger partial charge in [0.05, 0.1) is 6.04 Å². The molecule has 340 valence electrons. The summed E-state index contributed by atoms with van der Waals surface area (Å²) >= 11 is 0. The molecule has 15 nitrogen and oxygen atoms in total. The first kappa shape index (κ1) is 44.5. The lowest BCUT2D eigenvalue weighted by atomic mass is 9.73. The van der Waals surface area contributed by atoms with Gasteiger partial charge in [-0.05, 0) is 106 Å². The minimum atomic E-state index is -4.13. The number of nitrogens with one attached hydrogen (secondary N) is 4. The van der Waals surface area contributed by atoms with Gasteiger partial charge in [-0.3, -0.25) is 28.9 Å². The number of amides is 5. The van der Waals surface area contributed by atoms with E-state index in [4.69, 9.17) is 4.74 Å². The average molecular weight is 874 g/mol. The molecule has 0 unspecified atom stereocenters. The third-order valence-corrected chi connectivity index (χ3v) is 18.6.